The molecule has 2 aromatic rings. The molecule has 1 amide bonds. The largest absolute Gasteiger partial charge is 0.465 e. The molecule has 1 N–H and O–H groups in total. The van der Waals surface area contributed by atoms with Gasteiger partial charge in [0.1, 0.15) is 0 Å². The van der Waals surface area contributed by atoms with Crippen LogP contribution in [0.5, 0.6) is 0 Å². The standard InChI is InChI=1S/C18H25N3O2/c1-3-4-7-15-13-20(11-12-21(15)18(22)23)16-8-5-6-14-9-10-19(2)17(14)16/h5-6,8-10,15H,3-4,7,11-13H2,1-2H3,(H,22,23). The highest BCUT2D eigenvalue weighted by atomic mass is 16.4. The third-order valence-electron chi connectivity index (χ3n) is 4.84. The third-order valence-corrected chi connectivity index (χ3v) is 4.84. The van der Waals surface area contributed by atoms with Crippen molar-refractivity contribution in [2.45, 2.75) is 32.2 Å². The molecule has 1 saturated heterocycles. The second kappa shape index (κ2) is 6.52. The number of aromatic nitrogens is 1. The van der Waals surface area contributed by atoms with Gasteiger partial charge in [0.15, 0.2) is 0 Å². The zero-order valence-electron chi connectivity index (χ0n) is 13.9. The molecular formula is C18H25N3O2. The normalized spacial score (nSPS) is 18.6. The highest BCUT2D eigenvalue weighted by Gasteiger charge is 2.30. The molecule has 5 heteroatoms. The molecule has 1 fully saturated rings. The Labute approximate surface area is 137 Å². The van der Waals surface area contributed by atoms with Crippen molar-refractivity contribution >= 4 is 22.7 Å². The Morgan fingerprint density at radius 3 is 2.87 bits per heavy atom. The van der Waals surface area contributed by atoms with Crippen molar-refractivity contribution in [2.24, 2.45) is 7.05 Å². The number of hydrogen-bond donors (Lipinski definition) is 1. The number of hydrogen-bond acceptors (Lipinski definition) is 2. The maximum absolute atomic E-state index is 11.5. The van der Waals surface area contributed by atoms with Crippen LogP contribution in [0.2, 0.25) is 0 Å². The van der Waals surface area contributed by atoms with Crippen LogP contribution in [-0.4, -0.2) is 46.3 Å². The van der Waals surface area contributed by atoms with E-state index in [2.05, 4.69) is 53.9 Å². The Hall–Kier alpha value is -2.17. The lowest BCUT2D eigenvalue weighted by Crippen LogP contribution is -2.55. The monoisotopic (exact) mass is 315 g/mol. The number of benzene rings is 1. The van der Waals surface area contributed by atoms with Crippen molar-refractivity contribution in [3.8, 4) is 0 Å². The molecule has 23 heavy (non-hydrogen) atoms. The van der Waals surface area contributed by atoms with Crippen molar-refractivity contribution in [2.75, 3.05) is 24.5 Å². The molecule has 0 radical (unpaired) electrons. The molecule has 1 atom stereocenters. The zero-order valence-corrected chi connectivity index (χ0v) is 13.9. The molecule has 0 saturated carbocycles. The molecular weight excluding hydrogens is 290 g/mol. The van der Waals surface area contributed by atoms with Crippen LogP contribution < -0.4 is 4.90 Å². The summed E-state index contributed by atoms with van der Waals surface area (Å²) < 4.78 is 2.15. The molecule has 1 aliphatic rings. The Morgan fingerprint density at radius 1 is 1.30 bits per heavy atom. The average molecular weight is 315 g/mol. The fourth-order valence-corrected chi connectivity index (χ4v) is 3.60. The fraction of sp³-hybridized carbons (Fsp3) is 0.500. The Morgan fingerprint density at radius 2 is 2.13 bits per heavy atom. The number of carboxylic acid groups (broad SMARTS) is 1. The van der Waals surface area contributed by atoms with Crippen LogP contribution in [0.3, 0.4) is 0 Å². The van der Waals surface area contributed by atoms with E-state index in [4.69, 9.17) is 0 Å². The van der Waals surface area contributed by atoms with Crippen molar-refractivity contribution in [3.63, 3.8) is 0 Å². The van der Waals surface area contributed by atoms with Gasteiger partial charge in [-0.05, 0) is 18.6 Å². The molecule has 0 bridgehead atoms. The molecule has 0 spiro atoms. The molecule has 124 valence electrons. The quantitative estimate of drug-likeness (QED) is 0.939. The van der Waals surface area contributed by atoms with Crippen LogP contribution in [0.25, 0.3) is 10.9 Å². The van der Waals surface area contributed by atoms with E-state index in [9.17, 15) is 9.90 Å². The van der Waals surface area contributed by atoms with E-state index in [1.165, 1.54) is 16.6 Å². The van der Waals surface area contributed by atoms with E-state index in [0.29, 0.717) is 6.54 Å². The summed E-state index contributed by atoms with van der Waals surface area (Å²) in [5.74, 6) is 0. The highest BCUT2D eigenvalue weighted by Crippen LogP contribution is 2.29. The van der Waals surface area contributed by atoms with Crippen LogP contribution in [0.4, 0.5) is 10.5 Å². The number of rotatable bonds is 4. The Bertz CT molecular complexity index is 695. The number of unbranched alkanes of at least 4 members (excludes halogenated alkanes) is 1. The zero-order chi connectivity index (χ0) is 16.4. The van der Waals surface area contributed by atoms with E-state index in [-0.39, 0.29) is 6.04 Å². The maximum Gasteiger partial charge on any atom is 0.407 e. The van der Waals surface area contributed by atoms with Crippen LogP contribution in [0.15, 0.2) is 30.5 Å². The number of fused-ring (bicyclic) bond motifs is 1. The minimum absolute atomic E-state index is 0.0803. The van der Waals surface area contributed by atoms with Gasteiger partial charge in [-0.3, -0.25) is 0 Å². The van der Waals surface area contributed by atoms with Crippen LogP contribution in [-0.2, 0) is 7.05 Å². The minimum Gasteiger partial charge on any atom is -0.465 e. The van der Waals surface area contributed by atoms with Crippen molar-refractivity contribution in [1.82, 2.24) is 9.47 Å². The Kier molecular flexibility index (Phi) is 4.46. The topological polar surface area (TPSA) is 48.7 Å². The van der Waals surface area contributed by atoms with Crippen LogP contribution in [0, 0.1) is 0 Å². The van der Waals surface area contributed by atoms with Gasteiger partial charge in [-0.25, -0.2) is 4.79 Å². The van der Waals surface area contributed by atoms with Gasteiger partial charge in [-0.2, -0.15) is 0 Å². The second-order valence-electron chi connectivity index (χ2n) is 6.36. The Balaban J connectivity index is 1.88. The number of aryl methyl sites for hydroxylation is 1. The first-order valence-electron chi connectivity index (χ1n) is 8.40. The van der Waals surface area contributed by atoms with Gasteiger partial charge < -0.3 is 19.5 Å². The number of anilines is 1. The van der Waals surface area contributed by atoms with Gasteiger partial charge in [-0.15, -0.1) is 0 Å². The number of nitrogens with zero attached hydrogens (tertiary/aromatic N) is 3. The van der Waals surface area contributed by atoms with Crippen molar-refractivity contribution < 1.29 is 9.90 Å². The van der Waals surface area contributed by atoms with Gasteiger partial charge >= 0.3 is 6.09 Å². The molecule has 1 aliphatic heterocycles. The lowest BCUT2D eigenvalue weighted by Gasteiger charge is -2.41. The summed E-state index contributed by atoms with van der Waals surface area (Å²) in [5, 5.41) is 10.7. The lowest BCUT2D eigenvalue weighted by molar-refractivity contribution is 0.114. The summed E-state index contributed by atoms with van der Waals surface area (Å²) in [6, 6.07) is 8.57. The van der Waals surface area contributed by atoms with E-state index in [1.54, 1.807) is 4.90 Å². The van der Waals surface area contributed by atoms with Crippen molar-refractivity contribution in [1.29, 1.82) is 0 Å². The predicted octanol–water partition coefficient (Wildman–Crippen LogP) is 3.54. The lowest BCUT2D eigenvalue weighted by atomic mass is 10.0. The molecule has 2 heterocycles. The number of para-hydroxylation sites is 1. The van der Waals surface area contributed by atoms with Crippen LogP contribution in [0.1, 0.15) is 26.2 Å². The first-order valence-corrected chi connectivity index (χ1v) is 8.40. The van der Waals surface area contributed by atoms with Gasteiger partial charge in [0.25, 0.3) is 0 Å². The molecule has 3 rings (SSSR count). The first-order chi connectivity index (χ1) is 11.1. The van der Waals surface area contributed by atoms with Gasteiger partial charge in [0.2, 0.25) is 0 Å². The summed E-state index contributed by atoms with van der Waals surface area (Å²) in [5.41, 5.74) is 2.44. The van der Waals surface area contributed by atoms with E-state index in [0.717, 1.165) is 32.4 Å². The molecule has 0 aliphatic carbocycles. The SMILES string of the molecule is CCCCC1CN(c2cccc3ccn(C)c23)CCN1C(=O)O. The minimum atomic E-state index is -0.789. The summed E-state index contributed by atoms with van der Waals surface area (Å²) in [6.07, 6.45) is 4.38. The first kappa shape index (κ1) is 15.7. The summed E-state index contributed by atoms with van der Waals surface area (Å²) in [7, 11) is 2.06. The summed E-state index contributed by atoms with van der Waals surface area (Å²) >= 11 is 0. The second-order valence-corrected chi connectivity index (χ2v) is 6.36. The number of piperazine rings is 1. The van der Waals surface area contributed by atoms with E-state index < -0.39 is 6.09 Å². The van der Waals surface area contributed by atoms with Gasteiger partial charge in [-0.1, -0.05) is 31.9 Å². The fourth-order valence-electron chi connectivity index (χ4n) is 3.60. The van der Waals surface area contributed by atoms with Crippen LogP contribution >= 0.6 is 0 Å². The van der Waals surface area contributed by atoms with Gasteiger partial charge in [0, 0.05) is 38.3 Å². The summed E-state index contributed by atoms with van der Waals surface area (Å²) in [6.45, 7) is 4.25. The predicted molar refractivity (Wildman–Crippen MR) is 93.2 cm³/mol. The summed E-state index contributed by atoms with van der Waals surface area (Å²) in [4.78, 5) is 15.5. The smallest absolute Gasteiger partial charge is 0.407 e. The maximum atomic E-state index is 11.5. The highest BCUT2D eigenvalue weighted by molar-refractivity contribution is 5.92. The molecule has 1 aromatic carbocycles. The average Bonchev–Trinajstić information content (AvgIpc) is 2.94. The molecule has 1 unspecified atom stereocenters. The third kappa shape index (κ3) is 3.00. The molecule has 5 nitrogen and oxygen atoms in total. The van der Waals surface area contributed by atoms with Gasteiger partial charge in [0.05, 0.1) is 17.2 Å². The van der Waals surface area contributed by atoms with Crippen molar-refractivity contribution in [3.05, 3.63) is 30.5 Å². The van der Waals surface area contributed by atoms with E-state index >= 15 is 0 Å². The molecule has 1 aromatic heterocycles. The number of carbonyl (C=O) groups is 1. The number of amides is 1. The van der Waals surface area contributed by atoms with E-state index in [1.807, 2.05) is 0 Å².